The molecule has 0 aliphatic carbocycles. The molecule has 87 heavy (non-hydrogen) atoms. The average Bonchev–Trinajstić information content (AvgIpc) is 1.97. The first-order valence-electron chi connectivity index (χ1n) is 38.9. The first-order valence-corrected chi connectivity index (χ1v) is 38.9. The van der Waals surface area contributed by atoms with Crippen molar-refractivity contribution in [1.29, 1.82) is 0 Å². The maximum atomic E-state index is 13.3. The second kappa shape index (κ2) is 65.2. The van der Waals surface area contributed by atoms with E-state index in [1.807, 2.05) is 0 Å². The van der Waals surface area contributed by atoms with Crippen LogP contribution in [-0.2, 0) is 14.3 Å². The van der Waals surface area contributed by atoms with Crippen LogP contribution in [0.4, 0.5) is 0 Å². The van der Waals surface area contributed by atoms with Crippen molar-refractivity contribution in [1.82, 2.24) is 5.32 Å². The number of nitrogens with one attached hydrogen (secondary N) is 1. The summed E-state index contributed by atoms with van der Waals surface area (Å²) >= 11 is 0. The molecular formula is C76H151NO10. The van der Waals surface area contributed by atoms with Gasteiger partial charge in [0.2, 0.25) is 5.91 Å². The monoisotopic (exact) mass is 1240 g/mol. The summed E-state index contributed by atoms with van der Waals surface area (Å²) in [7, 11) is 0. The zero-order chi connectivity index (χ0) is 63.1. The molecule has 1 fully saturated rings. The van der Waals surface area contributed by atoms with Gasteiger partial charge in [0.05, 0.1) is 25.4 Å². The summed E-state index contributed by atoms with van der Waals surface area (Å²) in [6.45, 7) is 3.54. The number of unbranched alkanes of at least 4 members (excludes halogenated alkanes) is 58. The highest BCUT2D eigenvalue weighted by Crippen LogP contribution is 2.25. The maximum Gasteiger partial charge on any atom is 0.249 e. The molecular weight excluding hydrogens is 1090 g/mol. The van der Waals surface area contributed by atoms with Crippen LogP contribution >= 0.6 is 0 Å². The molecule has 1 heterocycles. The quantitative estimate of drug-likeness (QED) is 0.0272. The molecule has 0 bridgehead atoms. The number of aliphatic hydroxyl groups is 7. The average molecular weight is 1240 g/mol. The van der Waals surface area contributed by atoms with E-state index in [1.165, 1.54) is 334 Å². The van der Waals surface area contributed by atoms with Crippen molar-refractivity contribution < 1.29 is 50.0 Å². The Morgan fingerprint density at radius 2 is 0.598 bits per heavy atom. The molecule has 1 aliphatic heterocycles. The number of aliphatic hydroxyl groups excluding tert-OH is 7. The van der Waals surface area contributed by atoms with Gasteiger partial charge in [-0.25, -0.2) is 0 Å². The Bertz CT molecular complexity index is 1380. The van der Waals surface area contributed by atoms with Gasteiger partial charge in [-0.3, -0.25) is 4.79 Å². The highest BCUT2D eigenvalue weighted by atomic mass is 16.7. The molecule has 1 aliphatic rings. The Morgan fingerprint density at radius 3 is 0.851 bits per heavy atom. The molecule has 8 N–H and O–H groups in total. The Hall–Kier alpha value is -0.890. The van der Waals surface area contributed by atoms with Gasteiger partial charge in [0, 0.05) is 0 Å². The lowest BCUT2D eigenvalue weighted by atomic mass is 9.98. The van der Waals surface area contributed by atoms with Crippen molar-refractivity contribution in [2.45, 2.75) is 467 Å². The van der Waals surface area contributed by atoms with Gasteiger partial charge in [-0.1, -0.05) is 399 Å². The summed E-state index contributed by atoms with van der Waals surface area (Å²) in [4.78, 5) is 13.3. The number of hydrogen-bond donors (Lipinski definition) is 8. The van der Waals surface area contributed by atoms with E-state index in [4.69, 9.17) is 9.47 Å². The third-order valence-corrected chi connectivity index (χ3v) is 19.4. The van der Waals surface area contributed by atoms with Crippen LogP contribution in [0.3, 0.4) is 0 Å². The van der Waals surface area contributed by atoms with E-state index in [-0.39, 0.29) is 6.42 Å². The molecule has 0 aromatic rings. The number of ether oxygens (including phenoxy) is 2. The first kappa shape index (κ1) is 84.1. The lowest BCUT2D eigenvalue weighted by Crippen LogP contribution is -2.60. The molecule has 0 aromatic heterocycles. The Morgan fingerprint density at radius 1 is 0.356 bits per heavy atom. The molecule has 0 aromatic carbocycles. The fourth-order valence-corrected chi connectivity index (χ4v) is 13.2. The van der Waals surface area contributed by atoms with E-state index in [1.54, 1.807) is 0 Å². The SMILES string of the molecule is CCCCCCCCCCCCCCCCCCCCCCCCCCCCCCCCCCCCCCC(O)C(=O)NC(COC1OC(CO)C(O)C(O)C1O)C(O)C(O)CCCCCCCCCCCCCCCCCCCCCCCCCC. The maximum absolute atomic E-state index is 13.3. The second-order valence-corrected chi connectivity index (χ2v) is 27.8. The topological polar surface area (TPSA) is 189 Å². The van der Waals surface area contributed by atoms with Crippen molar-refractivity contribution in [2.24, 2.45) is 0 Å². The van der Waals surface area contributed by atoms with Crippen LogP contribution in [0.25, 0.3) is 0 Å². The molecule has 9 unspecified atom stereocenters. The minimum absolute atomic E-state index is 0.268. The van der Waals surface area contributed by atoms with Crippen molar-refractivity contribution in [3.63, 3.8) is 0 Å². The van der Waals surface area contributed by atoms with Gasteiger partial charge in [-0.15, -0.1) is 0 Å². The van der Waals surface area contributed by atoms with E-state index in [2.05, 4.69) is 19.2 Å². The lowest BCUT2D eigenvalue weighted by Gasteiger charge is -2.40. The standard InChI is InChI=1S/C76H151NO10/c1-3-5-7-9-11-13-15-17-19-21-23-25-27-29-30-31-32-33-34-35-36-37-38-39-40-42-44-46-48-50-52-54-56-58-60-62-64-69(80)75(85)77-67(66-86-76-74(84)73(83)72(82)70(65-78)87-76)71(81)68(79)63-61-59-57-55-53-51-49-47-45-43-41-28-26-24-22-20-18-16-14-12-10-8-6-4-2/h67-74,76,78-84H,3-66H2,1-2H3,(H,77,85). The second-order valence-electron chi connectivity index (χ2n) is 27.8. The van der Waals surface area contributed by atoms with Crippen LogP contribution in [0.15, 0.2) is 0 Å². The molecule has 0 spiro atoms. The molecule has 1 amide bonds. The molecule has 1 rings (SSSR count). The van der Waals surface area contributed by atoms with Crippen LogP contribution in [0.5, 0.6) is 0 Å². The normalized spacial score (nSPS) is 18.6. The fraction of sp³-hybridized carbons (Fsp3) is 0.987. The molecule has 9 atom stereocenters. The van der Waals surface area contributed by atoms with Gasteiger partial charge < -0.3 is 50.5 Å². The van der Waals surface area contributed by atoms with Gasteiger partial charge in [0.15, 0.2) is 6.29 Å². The van der Waals surface area contributed by atoms with Crippen LogP contribution < -0.4 is 5.32 Å². The number of amides is 1. The van der Waals surface area contributed by atoms with Crippen molar-refractivity contribution >= 4 is 5.91 Å². The molecule has 0 saturated carbocycles. The van der Waals surface area contributed by atoms with E-state index >= 15 is 0 Å². The fourth-order valence-electron chi connectivity index (χ4n) is 13.2. The number of carbonyl (C=O) groups excluding carboxylic acids is 1. The first-order chi connectivity index (χ1) is 42.7. The van der Waals surface area contributed by atoms with E-state index in [9.17, 15) is 40.5 Å². The lowest BCUT2D eigenvalue weighted by molar-refractivity contribution is -0.303. The molecule has 11 heteroatoms. The van der Waals surface area contributed by atoms with Gasteiger partial charge in [0.1, 0.15) is 36.6 Å². The number of rotatable bonds is 70. The summed E-state index contributed by atoms with van der Waals surface area (Å²) in [6, 6.07) is -1.17. The Kier molecular flexibility index (Phi) is 63.0. The van der Waals surface area contributed by atoms with Crippen molar-refractivity contribution in [3.8, 4) is 0 Å². The smallest absolute Gasteiger partial charge is 0.249 e. The zero-order valence-electron chi connectivity index (χ0n) is 57.8. The Balaban J connectivity index is 2.11. The van der Waals surface area contributed by atoms with E-state index in [0.29, 0.717) is 19.3 Å². The van der Waals surface area contributed by atoms with Gasteiger partial charge >= 0.3 is 0 Å². The van der Waals surface area contributed by atoms with E-state index in [0.717, 1.165) is 38.5 Å². The summed E-state index contributed by atoms with van der Waals surface area (Å²) in [6.07, 6.45) is 69.3. The summed E-state index contributed by atoms with van der Waals surface area (Å²) in [5.41, 5.74) is 0. The van der Waals surface area contributed by atoms with E-state index < -0.39 is 74.2 Å². The summed E-state index contributed by atoms with van der Waals surface area (Å²) in [5.74, 6) is -0.685. The Labute approximate surface area is 539 Å². The molecule has 11 nitrogen and oxygen atoms in total. The third kappa shape index (κ3) is 52.2. The number of hydrogen-bond acceptors (Lipinski definition) is 10. The third-order valence-electron chi connectivity index (χ3n) is 19.4. The van der Waals surface area contributed by atoms with Crippen LogP contribution in [0.2, 0.25) is 0 Å². The molecule has 0 radical (unpaired) electrons. The molecule has 1 saturated heterocycles. The van der Waals surface area contributed by atoms with Gasteiger partial charge in [-0.05, 0) is 12.8 Å². The molecule has 520 valence electrons. The largest absolute Gasteiger partial charge is 0.394 e. The predicted molar refractivity (Wildman–Crippen MR) is 367 cm³/mol. The zero-order valence-corrected chi connectivity index (χ0v) is 57.8. The minimum atomic E-state index is -1.66. The van der Waals surface area contributed by atoms with Crippen LogP contribution in [-0.4, -0.2) is 110 Å². The highest BCUT2D eigenvalue weighted by Gasteiger charge is 2.44. The summed E-state index contributed by atoms with van der Waals surface area (Å²) in [5, 5.41) is 76.7. The van der Waals surface area contributed by atoms with Gasteiger partial charge in [-0.2, -0.15) is 0 Å². The van der Waals surface area contributed by atoms with Crippen molar-refractivity contribution in [3.05, 3.63) is 0 Å². The highest BCUT2D eigenvalue weighted by molar-refractivity contribution is 5.80. The van der Waals surface area contributed by atoms with Crippen molar-refractivity contribution in [2.75, 3.05) is 13.2 Å². The van der Waals surface area contributed by atoms with Crippen LogP contribution in [0, 0.1) is 0 Å². The predicted octanol–water partition coefficient (Wildman–Crippen LogP) is 19.6. The number of carbonyl (C=O) groups is 1. The van der Waals surface area contributed by atoms with Gasteiger partial charge in [0.25, 0.3) is 0 Å². The summed E-state index contributed by atoms with van der Waals surface area (Å²) < 4.78 is 11.2. The minimum Gasteiger partial charge on any atom is -0.394 e. The van der Waals surface area contributed by atoms with Crippen LogP contribution in [0.1, 0.15) is 412 Å².